The highest BCUT2D eigenvalue weighted by Gasteiger charge is 2.54. The number of nitrogens with one attached hydrogen (secondary N) is 1. The Balaban J connectivity index is 1.16. The van der Waals surface area contributed by atoms with E-state index < -0.39 is 0 Å². The van der Waals surface area contributed by atoms with Crippen LogP contribution in [0.5, 0.6) is 0 Å². The van der Waals surface area contributed by atoms with Crippen LogP contribution in [0.2, 0.25) is 0 Å². The smallest absolute Gasteiger partial charge is 0.242 e. The zero-order chi connectivity index (χ0) is 19.1. The van der Waals surface area contributed by atoms with Gasteiger partial charge in [0.05, 0.1) is 6.54 Å². The van der Waals surface area contributed by atoms with Gasteiger partial charge in [-0.2, -0.15) is 0 Å². The lowest BCUT2D eigenvalue weighted by Gasteiger charge is -2.55. The monoisotopic (exact) mass is 378 g/mol. The molecule has 4 nitrogen and oxygen atoms in total. The third-order valence-electron chi connectivity index (χ3n) is 7.63. The van der Waals surface area contributed by atoms with Crippen molar-refractivity contribution in [3.05, 3.63) is 42.0 Å². The molecule has 2 amide bonds. The van der Waals surface area contributed by atoms with E-state index in [1.807, 2.05) is 23.1 Å². The number of benzene rings is 1. The van der Waals surface area contributed by atoms with Crippen molar-refractivity contribution in [1.82, 2.24) is 10.2 Å². The molecule has 1 N–H and O–H groups in total. The number of nitrogens with zero attached hydrogens (tertiary/aromatic N) is 1. The first-order chi connectivity index (χ1) is 13.6. The molecule has 0 atom stereocenters. The molecule has 28 heavy (non-hydrogen) atoms. The summed E-state index contributed by atoms with van der Waals surface area (Å²) in [4.78, 5) is 27.5. The van der Waals surface area contributed by atoms with Gasteiger partial charge in [0.1, 0.15) is 0 Å². The van der Waals surface area contributed by atoms with Crippen molar-refractivity contribution in [3.8, 4) is 0 Å². The molecule has 0 saturated heterocycles. The van der Waals surface area contributed by atoms with Gasteiger partial charge in [-0.15, -0.1) is 0 Å². The van der Waals surface area contributed by atoms with Crippen LogP contribution in [0.4, 0.5) is 0 Å². The topological polar surface area (TPSA) is 49.4 Å². The minimum atomic E-state index is -0.169. The van der Waals surface area contributed by atoms with Crippen LogP contribution in [0.15, 0.2) is 36.4 Å². The van der Waals surface area contributed by atoms with E-state index in [1.54, 1.807) is 0 Å². The van der Waals surface area contributed by atoms with Crippen LogP contribution in [0.3, 0.4) is 0 Å². The summed E-state index contributed by atoms with van der Waals surface area (Å²) >= 11 is 0. The van der Waals surface area contributed by atoms with Gasteiger partial charge in [0, 0.05) is 18.5 Å². The molecule has 0 unspecified atom stereocenters. The van der Waals surface area contributed by atoms with Crippen molar-refractivity contribution in [2.24, 2.45) is 23.2 Å². The SMILES string of the molecule is O=C(CNC(=O)C12CC3CC(CC(C3)C1)C2)N1CC=C(c2ccccc2)CC1. The summed E-state index contributed by atoms with van der Waals surface area (Å²) < 4.78 is 0. The van der Waals surface area contributed by atoms with E-state index in [1.165, 1.54) is 30.4 Å². The van der Waals surface area contributed by atoms with E-state index in [9.17, 15) is 9.59 Å². The number of rotatable bonds is 4. The molecular formula is C24H30N2O2. The van der Waals surface area contributed by atoms with Crippen molar-refractivity contribution in [2.75, 3.05) is 19.6 Å². The zero-order valence-corrected chi connectivity index (χ0v) is 16.5. The maximum Gasteiger partial charge on any atom is 0.242 e. The fourth-order valence-corrected chi connectivity index (χ4v) is 6.65. The first-order valence-corrected chi connectivity index (χ1v) is 10.9. The highest BCUT2D eigenvalue weighted by Crippen LogP contribution is 2.60. The van der Waals surface area contributed by atoms with Crippen molar-refractivity contribution in [2.45, 2.75) is 44.9 Å². The number of amides is 2. The van der Waals surface area contributed by atoms with Gasteiger partial charge in [0.2, 0.25) is 11.8 Å². The lowest BCUT2D eigenvalue weighted by atomic mass is 9.49. The number of carbonyl (C=O) groups excluding carboxylic acids is 2. The van der Waals surface area contributed by atoms with Gasteiger partial charge in [-0.1, -0.05) is 36.4 Å². The minimum Gasteiger partial charge on any atom is -0.347 e. The van der Waals surface area contributed by atoms with Crippen LogP contribution in [0.25, 0.3) is 5.57 Å². The van der Waals surface area contributed by atoms with E-state index in [0.29, 0.717) is 6.54 Å². The summed E-state index contributed by atoms with van der Waals surface area (Å²) in [6, 6.07) is 10.4. The van der Waals surface area contributed by atoms with Gasteiger partial charge in [-0.25, -0.2) is 0 Å². The molecule has 0 radical (unpaired) electrons. The van der Waals surface area contributed by atoms with Crippen LogP contribution in [-0.4, -0.2) is 36.3 Å². The number of hydrogen-bond acceptors (Lipinski definition) is 2. The minimum absolute atomic E-state index is 0.0430. The summed E-state index contributed by atoms with van der Waals surface area (Å²) in [5.74, 6) is 2.43. The molecule has 0 spiro atoms. The van der Waals surface area contributed by atoms with Crippen molar-refractivity contribution in [1.29, 1.82) is 0 Å². The average Bonchev–Trinajstić information content (AvgIpc) is 2.71. The van der Waals surface area contributed by atoms with E-state index in [0.717, 1.165) is 50.0 Å². The Hall–Kier alpha value is -2.10. The third kappa shape index (κ3) is 3.27. The average molecular weight is 379 g/mol. The molecule has 6 rings (SSSR count). The van der Waals surface area contributed by atoms with E-state index in [4.69, 9.17) is 0 Å². The highest BCUT2D eigenvalue weighted by atomic mass is 16.2. The Morgan fingerprint density at radius 3 is 2.21 bits per heavy atom. The molecule has 4 heteroatoms. The van der Waals surface area contributed by atoms with Crippen LogP contribution < -0.4 is 5.32 Å². The fourth-order valence-electron chi connectivity index (χ4n) is 6.65. The molecule has 148 valence electrons. The Morgan fingerprint density at radius 2 is 1.64 bits per heavy atom. The van der Waals surface area contributed by atoms with Gasteiger partial charge in [-0.3, -0.25) is 9.59 Å². The molecule has 1 aromatic carbocycles. The van der Waals surface area contributed by atoms with Gasteiger partial charge in [-0.05, 0) is 73.8 Å². The Bertz CT molecular complexity index is 763. The quantitative estimate of drug-likeness (QED) is 0.870. The van der Waals surface area contributed by atoms with Crippen molar-refractivity contribution >= 4 is 17.4 Å². The Morgan fingerprint density at radius 1 is 1.00 bits per heavy atom. The molecular weight excluding hydrogens is 348 g/mol. The van der Waals surface area contributed by atoms with Gasteiger partial charge in [0.25, 0.3) is 0 Å². The predicted molar refractivity (Wildman–Crippen MR) is 109 cm³/mol. The van der Waals surface area contributed by atoms with Gasteiger partial charge < -0.3 is 10.2 Å². The molecule has 1 heterocycles. The number of carbonyl (C=O) groups is 2. The summed E-state index contributed by atoms with van der Waals surface area (Å²) in [5.41, 5.74) is 2.38. The predicted octanol–water partition coefficient (Wildman–Crippen LogP) is 3.63. The second-order valence-corrected chi connectivity index (χ2v) is 9.57. The molecule has 4 bridgehead atoms. The molecule has 4 saturated carbocycles. The highest BCUT2D eigenvalue weighted by molar-refractivity contribution is 5.88. The normalized spacial score (nSPS) is 33.5. The third-order valence-corrected chi connectivity index (χ3v) is 7.63. The van der Waals surface area contributed by atoms with Crippen molar-refractivity contribution < 1.29 is 9.59 Å². The summed E-state index contributed by atoms with van der Waals surface area (Å²) in [7, 11) is 0. The molecule has 4 fully saturated rings. The molecule has 4 aliphatic carbocycles. The molecule has 1 aliphatic heterocycles. The second-order valence-electron chi connectivity index (χ2n) is 9.57. The summed E-state index contributed by atoms with van der Waals surface area (Å²) in [6.07, 6.45) is 10.2. The Kier molecular flexibility index (Phi) is 4.53. The number of hydrogen-bond donors (Lipinski definition) is 1. The van der Waals surface area contributed by atoms with Gasteiger partial charge in [0.15, 0.2) is 0 Å². The lowest BCUT2D eigenvalue weighted by molar-refractivity contribution is -0.148. The van der Waals surface area contributed by atoms with Crippen LogP contribution >= 0.6 is 0 Å². The van der Waals surface area contributed by atoms with Crippen LogP contribution in [0, 0.1) is 23.2 Å². The van der Waals surface area contributed by atoms with Gasteiger partial charge >= 0.3 is 0 Å². The maximum atomic E-state index is 13.0. The Labute approximate surface area is 167 Å². The molecule has 1 aromatic rings. The maximum absolute atomic E-state index is 13.0. The molecule has 0 aromatic heterocycles. The van der Waals surface area contributed by atoms with Crippen molar-refractivity contribution in [3.63, 3.8) is 0 Å². The summed E-state index contributed by atoms with van der Waals surface area (Å²) in [5, 5.41) is 3.03. The summed E-state index contributed by atoms with van der Waals surface area (Å²) in [6.45, 7) is 1.51. The first-order valence-electron chi connectivity index (χ1n) is 10.9. The first kappa shape index (κ1) is 18.0. The fraction of sp³-hybridized carbons (Fsp3) is 0.583. The van der Waals surface area contributed by atoms with Crippen LogP contribution in [-0.2, 0) is 9.59 Å². The van der Waals surface area contributed by atoms with E-state index in [-0.39, 0.29) is 23.8 Å². The van der Waals surface area contributed by atoms with E-state index in [2.05, 4.69) is 23.5 Å². The zero-order valence-electron chi connectivity index (χ0n) is 16.5. The standard InChI is InChI=1S/C24H30N2O2/c27-22(26-8-6-21(7-9-26)20-4-2-1-3-5-20)16-25-23(28)24-13-17-10-18(14-24)12-19(11-17)15-24/h1-6,17-19H,7-16H2,(H,25,28). The molecule has 5 aliphatic rings. The van der Waals surface area contributed by atoms with Crippen LogP contribution in [0.1, 0.15) is 50.5 Å². The largest absolute Gasteiger partial charge is 0.347 e. The van der Waals surface area contributed by atoms with E-state index >= 15 is 0 Å². The second kappa shape index (κ2) is 7.06. The lowest BCUT2D eigenvalue weighted by Crippen LogP contribution is -2.54.